The van der Waals surface area contributed by atoms with E-state index in [1.54, 1.807) is 0 Å². The molecule has 0 heterocycles. The lowest BCUT2D eigenvalue weighted by molar-refractivity contribution is 0.545. The Labute approximate surface area is 61.4 Å². The van der Waals surface area contributed by atoms with Crippen molar-refractivity contribution in [3.8, 4) is 0 Å². The maximum atomic E-state index is 9.69. The van der Waals surface area contributed by atoms with E-state index in [0.29, 0.717) is 6.42 Å². The largest absolute Gasteiger partial charge is 0.291 e. The van der Waals surface area contributed by atoms with Crippen LogP contribution >= 0.6 is 11.6 Å². The van der Waals surface area contributed by atoms with Gasteiger partial charge in [-0.25, -0.2) is 0 Å². The molecule has 0 aromatic carbocycles. The highest BCUT2D eigenvalue weighted by Gasteiger charge is 1.87. The second-order valence-electron chi connectivity index (χ2n) is 2.00. The normalized spacial score (nSPS) is 9.44. The van der Waals surface area contributed by atoms with Gasteiger partial charge in [-0.3, -0.25) is 4.79 Å². The summed E-state index contributed by atoms with van der Waals surface area (Å²) in [5.74, 6) is 0.741. The molecule has 1 radical (unpaired) electrons. The molecule has 0 fully saturated rings. The Hall–Kier alpha value is -0.0400. The van der Waals surface area contributed by atoms with Crippen LogP contribution in [-0.4, -0.2) is 12.2 Å². The zero-order valence-corrected chi connectivity index (χ0v) is 6.28. The standard InChI is InChI=1S/C7H12ClO/c8-6-4-2-1-3-5-7-9/h1-6H2. The maximum absolute atomic E-state index is 9.69. The molecule has 0 aromatic rings. The summed E-state index contributed by atoms with van der Waals surface area (Å²) in [6.45, 7) is 0. The van der Waals surface area contributed by atoms with Gasteiger partial charge in [0.15, 0.2) is 6.29 Å². The van der Waals surface area contributed by atoms with Gasteiger partial charge in [0.1, 0.15) is 0 Å². The van der Waals surface area contributed by atoms with Crippen molar-refractivity contribution in [1.82, 2.24) is 0 Å². The molecule has 9 heavy (non-hydrogen) atoms. The summed E-state index contributed by atoms with van der Waals surface area (Å²) in [4.78, 5) is 9.69. The summed E-state index contributed by atoms with van der Waals surface area (Å²) in [6.07, 6.45) is 6.75. The summed E-state index contributed by atoms with van der Waals surface area (Å²) in [5, 5.41) is 0. The lowest BCUT2D eigenvalue weighted by Gasteiger charge is -1.92. The summed E-state index contributed by atoms with van der Waals surface area (Å²) >= 11 is 5.44. The van der Waals surface area contributed by atoms with Crippen LogP contribution in [-0.2, 0) is 4.79 Å². The van der Waals surface area contributed by atoms with Gasteiger partial charge in [0.05, 0.1) is 0 Å². The molecule has 1 nitrogen and oxygen atoms in total. The Balaban J connectivity index is 2.66. The third-order valence-electron chi connectivity index (χ3n) is 1.16. The molecule has 0 saturated heterocycles. The molecule has 0 amide bonds. The number of alkyl halides is 1. The van der Waals surface area contributed by atoms with E-state index in [0.717, 1.165) is 31.6 Å². The highest BCUT2D eigenvalue weighted by Crippen LogP contribution is 2.01. The van der Waals surface area contributed by atoms with Crippen molar-refractivity contribution < 1.29 is 4.79 Å². The molecule has 0 N–H and O–H groups in total. The predicted molar refractivity (Wildman–Crippen MR) is 39.5 cm³/mol. The highest BCUT2D eigenvalue weighted by atomic mass is 35.5. The van der Waals surface area contributed by atoms with Crippen molar-refractivity contribution >= 4 is 17.9 Å². The van der Waals surface area contributed by atoms with Crippen molar-refractivity contribution in [1.29, 1.82) is 0 Å². The molecule has 0 aromatic heterocycles. The van der Waals surface area contributed by atoms with E-state index in [1.807, 2.05) is 6.29 Å². The monoisotopic (exact) mass is 147 g/mol. The lowest BCUT2D eigenvalue weighted by atomic mass is 10.2. The van der Waals surface area contributed by atoms with Gasteiger partial charge in [-0.15, -0.1) is 11.6 Å². The predicted octanol–water partition coefficient (Wildman–Crippen LogP) is 2.29. The van der Waals surface area contributed by atoms with E-state index in [4.69, 9.17) is 11.6 Å². The fourth-order valence-electron chi connectivity index (χ4n) is 0.645. The van der Waals surface area contributed by atoms with Crippen LogP contribution < -0.4 is 0 Å². The lowest BCUT2D eigenvalue weighted by Crippen LogP contribution is -1.79. The van der Waals surface area contributed by atoms with Crippen molar-refractivity contribution in [2.45, 2.75) is 32.1 Å². The quantitative estimate of drug-likeness (QED) is 0.416. The minimum Gasteiger partial charge on any atom is -0.291 e. The van der Waals surface area contributed by atoms with E-state index < -0.39 is 0 Å². The van der Waals surface area contributed by atoms with Gasteiger partial charge in [-0.2, -0.15) is 0 Å². The van der Waals surface area contributed by atoms with Gasteiger partial charge in [0, 0.05) is 12.3 Å². The second-order valence-corrected chi connectivity index (χ2v) is 2.38. The second kappa shape index (κ2) is 7.96. The SMILES string of the molecule is O=[C]CCCCCCCl. The zero-order valence-electron chi connectivity index (χ0n) is 5.53. The minimum absolute atomic E-state index is 0.586. The first-order chi connectivity index (χ1) is 4.41. The van der Waals surface area contributed by atoms with Crippen LogP contribution in [0.1, 0.15) is 32.1 Å². The van der Waals surface area contributed by atoms with Crippen LogP contribution in [0.4, 0.5) is 0 Å². The van der Waals surface area contributed by atoms with Crippen LogP contribution in [0.15, 0.2) is 0 Å². The number of halogens is 1. The first-order valence-corrected chi connectivity index (χ1v) is 3.86. The molecule has 53 valence electrons. The molecule has 2 heteroatoms. The van der Waals surface area contributed by atoms with Crippen LogP contribution in [0, 0.1) is 0 Å². The molecule has 0 spiro atoms. The van der Waals surface area contributed by atoms with Gasteiger partial charge in [0.25, 0.3) is 0 Å². The van der Waals surface area contributed by atoms with E-state index >= 15 is 0 Å². The molecule has 0 rings (SSSR count). The fraction of sp³-hybridized carbons (Fsp3) is 0.857. The van der Waals surface area contributed by atoms with E-state index in [1.165, 1.54) is 0 Å². The Morgan fingerprint density at radius 2 is 1.78 bits per heavy atom. The third-order valence-corrected chi connectivity index (χ3v) is 1.43. The molecule has 0 aliphatic heterocycles. The Morgan fingerprint density at radius 3 is 2.33 bits per heavy atom. The maximum Gasteiger partial charge on any atom is 0.198 e. The molecular formula is C7H12ClO. The van der Waals surface area contributed by atoms with Crippen molar-refractivity contribution in [3.63, 3.8) is 0 Å². The number of unbranched alkanes of at least 4 members (excludes halogenated alkanes) is 4. The summed E-state index contributed by atoms with van der Waals surface area (Å²) in [6, 6.07) is 0. The first kappa shape index (κ1) is 8.96. The molecule has 0 unspecified atom stereocenters. The zero-order chi connectivity index (χ0) is 6.95. The third kappa shape index (κ3) is 7.96. The Bertz CT molecular complexity index is 63.9. The van der Waals surface area contributed by atoms with Crippen molar-refractivity contribution in [3.05, 3.63) is 0 Å². The summed E-state index contributed by atoms with van der Waals surface area (Å²) in [5.41, 5.74) is 0. The highest BCUT2D eigenvalue weighted by molar-refractivity contribution is 6.17. The van der Waals surface area contributed by atoms with E-state index in [9.17, 15) is 4.79 Å². The Morgan fingerprint density at radius 1 is 1.11 bits per heavy atom. The number of rotatable bonds is 6. The molecule has 0 aliphatic rings. The molecule has 0 bridgehead atoms. The van der Waals surface area contributed by atoms with E-state index in [2.05, 4.69) is 0 Å². The van der Waals surface area contributed by atoms with Crippen molar-refractivity contribution in [2.75, 3.05) is 5.88 Å². The minimum atomic E-state index is 0.586. The van der Waals surface area contributed by atoms with Crippen LogP contribution in [0.25, 0.3) is 0 Å². The van der Waals surface area contributed by atoms with Gasteiger partial charge in [0.2, 0.25) is 0 Å². The van der Waals surface area contributed by atoms with Gasteiger partial charge >= 0.3 is 0 Å². The number of hydrogen-bond donors (Lipinski definition) is 0. The van der Waals surface area contributed by atoms with E-state index in [-0.39, 0.29) is 0 Å². The molecule has 0 atom stereocenters. The summed E-state index contributed by atoms with van der Waals surface area (Å²) < 4.78 is 0. The first-order valence-electron chi connectivity index (χ1n) is 3.32. The van der Waals surface area contributed by atoms with Crippen LogP contribution in [0.2, 0.25) is 0 Å². The van der Waals surface area contributed by atoms with Crippen LogP contribution in [0.3, 0.4) is 0 Å². The number of hydrogen-bond acceptors (Lipinski definition) is 1. The Kier molecular flexibility index (Phi) is 7.92. The smallest absolute Gasteiger partial charge is 0.198 e. The average Bonchev–Trinajstić information content (AvgIpc) is 1.89. The molecular weight excluding hydrogens is 136 g/mol. The van der Waals surface area contributed by atoms with Crippen LogP contribution in [0.5, 0.6) is 0 Å². The molecule has 0 saturated carbocycles. The fourth-order valence-corrected chi connectivity index (χ4v) is 0.834. The van der Waals surface area contributed by atoms with Gasteiger partial charge < -0.3 is 0 Å². The van der Waals surface area contributed by atoms with Gasteiger partial charge in [-0.05, 0) is 12.8 Å². The average molecular weight is 148 g/mol. The van der Waals surface area contributed by atoms with Gasteiger partial charge in [-0.1, -0.05) is 12.8 Å². The molecule has 0 aliphatic carbocycles. The summed E-state index contributed by atoms with van der Waals surface area (Å²) in [7, 11) is 0. The van der Waals surface area contributed by atoms with Crippen molar-refractivity contribution in [2.24, 2.45) is 0 Å². The topological polar surface area (TPSA) is 17.1 Å². The number of carbonyl (C=O) groups excluding carboxylic acids is 1.